The fraction of sp³-hybridized carbons (Fsp3) is 0.0952. The molecular weight excluding hydrogens is 392 g/mol. The highest BCUT2D eigenvalue weighted by molar-refractivity contribution is 7.16. The Labute approximate surface area is 169 Å². The van der Waals surface area contributed by atoms with Gasteiger partial charge in [-0.2, -0.15) is 0 Å². The average Bonchev–Trinajstić information content (AvgIpc) is 3.18. The second-order valence-corrected chi connectivity index (χ2v) is 8.02. The van der Waals surface area contributed by atoms with Crippen LogP contribution in [0.1, 0.15) is 11.4 Å². The van der Waals surface area contributed by atoms with Crippen molar-refractivity contribution >= 4 is 44.2 Å². The van der Waals surface area contributed by atoms with E-state index in [-0.39, 0.29) is 4.87 Å². The Hall–Kier alpha value is -2.96. The minimum atomic E-state index is 0.0188. The summed E-state index contributed by atoms with van der Waals surface area (Å²) >= 11 is 7.27. The number of nitrogens with zero attached hydrogens (tertiary/aromatic N) is 4. The van der Waals surface area contributed by atoms with Gasteiger partial charge in [0.05, 0.1) is 28.5 Å². The van der Waals surface area contributed by atoms with E-state index in [1.54, 1.807) is 17.0 Å². The molecule has 0 radical (unpaired) electrons. The first-order valence-electron chi connectivity index (χ1n) is 8.77. The zero-order chi connectivity index (χ0) is 19.3. The van der Waals surface area contributed by atoms with Gasteiger partial charge in [-0.25, -0.2) is 4.98 Å². The molecule has 0 amide bonds. The third-order valence-electron chi connectivity index (χ3n) is 4.79. The Morgan fingerprint density at radius 3 is 2.71 bits per heavy atom. The van der Waals surface area contributed by atoms with Gasteiger partial charge in [-0.1, -0.05) is 35.1 Å². The number of halogens is 1. The molecular formula is C21H15ClN4OS. The lowest BCUT2D eigenvalue weighted by molar-refractivity contribution is 0.815. The number of aromatic nitrogens is 4. The number of aryl methyl sites for hydroxylation is 1. The van der Waals surface area contributed by atoms with Crippen molar-refractivity contribution in [3.8, 4) is 5.69 Å². The van der Waals surface area contributed by atoms with Crippen molar-refractivity contribution in [2.75, 3.05) is 0 Å². The zero-order valence-corrected chi connectivity index (χ0v) is 16.5. The first-order chi connectivity index (χ1) is 13.6. The third kappa shape index (κ3) is 2.82. The minimum absolute atomic E-state index is 0.0188. The monoisotopic (exact) mass is 406 g/mol. The molecule has 3 heterocycles. The fourth-order valence-corrected chi connectivity index (χ4v) is 4.67. The van der Waals surface area contributed by atoms with E-state index in [0.717, 1.165) is 38.3 Å². The number of pyridine rings is 1. The summed E-state index contributed by atoms with van der Waals surface area (Å²) in [6, 6.07) is 15.7. The number of rotatable bonds is 3. The molecule has 138 valence electrons. The summed E-state index contributed by atoms with van der Waals surface area (Å²) in [6.45, 7) is 2.50. The summed E-state index contributed by atoms with van der Waals surface area (Å²) in [6.07, 6.45) is 3.54. The Balaban J connectivity index is 1.52. The summed E-state index contributed by atoms with van der Waals surface area (Å²) in [5.74, 6) is 0.910. The summed E-state index contributed by atoms with van der Waals surface area (Å²) in [4.78, 5) is 21.1. The topological polar surface area (TPSA) is 52.7 Å². The van der Waals surface area contributed by atoms with Crippen molar-refractivity contribution in [1.29, 1.82) is 0 Å². The van der Waals surface area contributed by atoms with E-state index in [9.17, 15) is 4.79 Å². The van der Waals surface area contributed by atoms with Crippen LogP contribution < -0.4 is 4.87 Å². The molecule has 0 spiro atoms. The minimum Gasteiger partial charge on any atom is -0.296 e. The van der Waals surface area contributed by atoms with Crippen molar-refractivity contribution in [3.63, 3.8) is 0 Å². The van der Waals surface area contributed by atoms with Crippen molar-refractivity contribution in [2.45, 2.75) is 13.5 Å². The van der Waals surface area contributed by atoms with Gasteiger partial charge < -0.3 is 0 Å². The van der Waals surface area contributed by atoms with Crippen LogP contribution in [-0.2, 0) is 6.54 Å². The summed E-state index contributed by atoms with van der Waals surface area (Å²) in [5, 5.41) is 0.642. The second kappa shape index (κ2) is 6.58. The lowest BCUT2D eigenvalue weighted by Crippen LogP contribution is -2.13. The molecule has 28 heavy (non-hydrogen) atoms. The zero-order valence-electron chi connectivity index (χ0n) is 15.0. The van der Waals surface area contributed by atoms with Gasteiger partial charge in [0, 0.05) is 16.9 Å². The molecule has 0 atom stereocenters. The van der Waals surface area contributed by atoms with Crippen LogP contribution >= 0.6 is 22.9 Å². The van der Waals surface area contributed by atoms with E-state index >= 15 is 0 Å². The third-order valence-corrected chi connectivity index (χ3v) is 5.97. The molecule has 0 aliphatic carbocycles. The van der Waals surface area contributed by atoms with E-state index in [0.29, 0.717) is 11.6 Å². The van der Waals surface area contributed by atoms with Crippen LogP contribution in [0.5, 0.6) is 0 Å². The molecule has 3 aromatic heterocycles. The quantitative estimate of drug-likeness (QED) is 0.432. The number of hydrogen-bond donors (Lipinski definition) is 0. The van der Waals surface area contributed by atoms with Crippen LogP contribution in [-0.4, -0.2) is 19.1 Å². The highest BCUT2D eigenvalue weighted by atomic mass is 35.5. The van der Waals surface area contributed by atoms with E-state index < -0.39 is 0 Å². The van der Waals surface area contributed by atoms with Crippen LogP contribution in [0.4, 0.5) is 0 Å². The van der Waals surface area contributed by atoms with Gasteiger partial charge in [-0.3, -0.25) is 18.9 Å². The smallest absolute Gasteiger partial charge is 0.296 e. The van der Waals surface area contributed by atoms with Gasteiger partial charge in [0.1, 0.15) is 11.3 Å². The molecule has 0 N–H and O–H groups in total. The Kier molecular flexibility index (Phi) is 4.03. The maximum Gasteiger partial charge on any atom is 0.308 e. The maximum atomic E-state index is 12.4. The highest BCUT2D eigenvalue weighted by Crippen LogP contribution is 2.24. The van der Waals surface area contributed by atoms with E-state index in [4.69, 9.17) is 11.6 Å². The number of imidazole rings is 1. The largest absolute Gasteiger partial charge is 0.308 e. The van der Waals surface area contributed by atoms with Crippen LogP contribution in [0.25, 0.3) is 26.9 Å². The molecule has 5 nitrogen and oxygen atoms in total. The highest BCUT2D eigenvalue weighted by Gasteiger charge is 2.11. The predicted octanol–water partition coefficient (Wildman–Crippen LogP) is 4.81. The average molecular weight is 407 g/mol. The molecule has 0 fully saturated rings. The normalized spacial score (nSPS) is 11.5. The first-order valence-corrected chi connectivity index (χ1v) is 9.97. The number of hydrogen-bond acceptors (Lipinski definition) is 4. The van der Waals surface area contributed by atoms with Crippen molar-refractivity contribution in [1.82, 2.24) is 19.1 Å². The van der Waals surface area contributed by atoms with Crippen molar-refractivity contribution in [3.05, 3.63) is 87.0 Å². The number of benzene rings is 2. The van der Waals surface area contributed by atoms with Crippen molar-refractivity contribution in [2.24, 2.45) is 0 Å². The fourth-order valence-electron chi connectivity index (χ4n) is 3.50. The standard InChI is InChI=1S/C21H15ClN4OS/c1-13-24-17-11-23-9-8-18(17)26(13)16-5-2-14(3-6-16)12-25-19-7-4-15(22)10-20(19)28-21(25)27/h2-11H,12H2,1H3. The summed E-state index contributed by atoms with van der Waals surface area (Å²) in [7, 11) is 0. The molecule has 0 aliphatic heterocycles. The molecule has 0 bridgehead atoms. The first kappa shape index (κ1) is 17.2. The van der Waals surface area contributed by atoms with Gasteiger partial charge in [0.25, 0.3) is 0 Å². The molecule has 5 aromatic rings. The molecule has 0 aliphatic rings. The van der Waals surface area contributed by atoms with Crippen LogP contribution in [0, 0.1) is 6.92 Å². The Morgan fingerprint density at radius 2 is 1.89 bits per heavy atom. The second-order valence-electron chi connectivity index (χ2n) is 6.59. The van der Waals surface area contributed by atoms with Crippen LogP contribution in [0.15, 0.2) is 65.7 Å². The van der Waals surface area contributed by atoms with Gasteiger partial charge in [0.15, 0.2) is 0 Å². The number of fused-ring (bicyclic) bond motifs is 2. The molecule has 2 aromatic carbocycles. The molecule has 5 rings (SSSR count). The molecule has 0 unspecified atom stereocenters. The molecule has 0 saturated heterocycles. The lowest BCUT2D eigenvalue weighted by Gasteiger charge is -2.09. The predicted molar refractivity (Wildman–Crippen MR) is 114 cm³/mol. The van der Waals surface area contributed by atoms with E-state index in [2.05, 4.69) is 26.7 Å². The number of thiazole rings is 1. The summed E-state index contributed by atoms with van der Waals surface area (Å²) in [5.41, 5.74) is 4.90. The Morgan fingerprint density at radius 1 is 1.07 bits per heavy atom. The van der Waals surface area contributed by atoms with Crippen LogP contribution in [0.2, 0.25) is 5.02 Å². The van der Waals surface area contributed by atoms with Crippen molar-refractivity contribution < 1.29 is 0 Å². The van der Waals surface area contributed by atoms with Gasteiger partial charge in [-0.15, -0.1) is 0 Å². The van der Waals surface area contributed by atoms with Gasteiger partial charge in [-0.05, 0) is 48.9 Å². The Bertz CT molecular complexity index is 1380. The molecule has 0 saturated carbocycles. The lowest BCUT2D eigenvalue weighted by atomic mass is 10.2. The summed E-state index contributed by atoms with van der Waals surface area (Å²) < 4.78 is 4.80. The van der Waals surface area contributed by atoms with E-state index in [1.807, 2.05) is 43.3 Å². The van der Waals surface area contributed by atoms with Gasteiger partial charge >= 0.3 is 4.87 Å². The van der Waals surface area contributed by atoms with E-state index in [1.165, 1.54) is 11.3 Å². The maximum absolute atomic E-state index is 12.4. The van der Waals surface area contributed by atoms with Crippen LogP contribution in [0.3, 0.4) is 0 Å². The molecule has 7 heteroatoms. The SMILES string of the molecule is Cc1nc2cnccc2n1-c1ccc(Cn2c(=O)sc3cc(Cl)ccc32)cc1. The van der Waals surface area contributed by atoms with Gasteiger partial charge in [0.2, 0.25) is 0 Å².